The van der Waals surface area contributed by atoms with E-state index in [9.17, 15) is 9.59 Å². The summed E-state index contributed by atoms with van der Waals surface area (Å²) in [6, 6.07) is 51.9. The van der Waals surface area contributed by atoms with Gasteiger partial charge < -0.3 is 8.83 Å². The second kappa shape index (κ2) is 11.5. The predicted molar refractivity (Wildman–Crippen MR) is 218 cm³/mol. The molecule has 0 atom stereocenters. The van der Waals surface area contributed by atoms with Crippen molar-refractivity contribution in [3.8, 4) is 34.0 Å². The number of furan rings is 2. The quantitative estimate of drug-likeness (QED) is 0.172. The molecule has 0 amide bonds. The molecule has 0 bridgehead atoms. The molecule has 54 heavy (non-hydrogen) atoms. The number of pyridine rings is 2. The Morgan fingerprint density at radius 2 is 0.778 bits per heavy atom. The Kier molecular flexibility index (Phi) is 6.45. The fourth-order valence-electron chi connectivity index (χ4n) is 8.24. The fraction of sp³-hybridized carbons (Fsp3) is 0. The summed E-state index contributed by atoms with van der Waals surface area (Å²) >= 11 is 0. The van der Waals surface area contributed by atoms with Crippen LogP contribution < -0.4 is 10.9 Å². The van der Waals surface area contributed by atoms with Crippen LogP contribution in [0.3, 0.4) is 0 Å². The van der Waals surface area contributed by atoms with Crippen molar-refractivity contribution in [2.75, 3.05) is 0 Å². The van der Waals surface area contributed by atoms with Crippen LogP contribution in [0.2, 0.25) is 0 Å². The van der Waals surface area contributed by atoms with Crippen molar-refractivity contribution in [1.29, 1.82) is 0 Å². The summed E-state index contributed by atoms with van der Waals surface area (Å²) in [5, 5.41) is 6.44. The third kappa shape index (κ3) is 4.40. The average molecular weight is 697 g/mol. The Morgan fingerprint density at radius 3 is 1.22 bits per heavy atom. The second-order valence-electron chi connectivity index (χ2n) is 13.6. The lowest BCUT2D eigenvalue weighted by Crippen LogP contribution is -2.14. The number of hydrogen-bond donors (Lipinski definition) is 0. The number of rotatable bonds is 4. The van der Waals surface area contributed by atoms with Gasteiger partial charge in [0.1, 0.15) is 0 Å². The van der Waals surface area contributed by atoms with Crippen molar-refractivity contribution in [1.82, 2.24) is 9.13 Å². The summed E-state index contributed by atoms with van der Waals surface area (Å²) in [4.78, 5) is 29.6. The molecule has 0 N–H and O–H groups in total. The maximum Gasteiger partial charge on any atom is 0.204 e. The fourth-order valence-corrected chi connectivity index (χ4v) is 8.24. The highest BCUT2D eigenvalue weighted by Crippen LogP contribution is 2.36. The molecule has 4 heterocycles. The highest BCUT2D eigenvalue weighted by atomic mass is 16.3. The number of aromatic nitrogens is 2. The van der Waals surface area contributed by atoms with E-state index in [1.165, 1.54) is 0 Å². The van der Waals surface area contributed by atoms with Crippen LogP contribution in [0, 0.1) is 0 Å². The van der Waals surface area contributed by atoms with Gasteiger partial charge in [0.15, 0.2) is 10.9 Å². The van der Waals surface area contributed by atoms with Crippen LogP contribution in [-0.4, -0.2) is 9.13 Å². The van der Waals surface area contributed by atoms with Gasteiger partial charge in [0.2, 0.25) is 11.8 Å². The lowest BCUT2D eigenvalue weighted by atomic mass is 9.95. The van der Waals surface area contributed by atoms with Crippen LogP contribution >= 0.6 is 0 Å². The highest BCUT2D eigenvalue weighted by Gasteiger charge is 2.21. The molecule has 0 unspecified atom stereocenters. The predicted octanol–water partition coefficient (Wildman–Crippen LogP) is 11.4. The summed E-state index contributed by atoms with van der Waals surface area (Å²) in [6.45, 7) is 0. The van der Waals surface area contributed by atoms with Crippen molar-refractivity contribution in [2.24, 2.45) is 0 Å². The van der Waals surface area contributed by atoms with Gasteiger partial charge >= 0.3 is 0 Å². The molecule has 0 aliphatic rings. The molecule has 0 aliphatic carbocycles. The van der Waals surface area contributed by atoms with E-state index < -0.39 is 0 Å². The van der Waals surface area contributed by atoms with Gasteiger partial charge in [0.05, 0.1) is 34.6 Å². The van der Waals surface area contributed by atoms with Crippen molar-refractivity contribution in [3.05, 3.63) is 191 Å². The summed E-state index contributed by atoms with van der Waals surface area (Å²) in [5.74, 6) is 1.07. The summed E-state index contributed by atoms with van der Waals surface area (Å²) in [7, 11) is 0. The normalized spacial score (nSPS) is 11.9. The molecule has 6 heteroatoms. The van der Waals surface area contributed by atoms with Gasteiger partial charge in [0.25, 0.3) is 0 Å². The Hall–Kier alpha value is -7.44. The van der Waals surface area contributed by atoms with Crippen molar-refractivity contribution < 1.29 is 8.83 Å². The minimum Gasteiger partial charge on any atom is -0.448 e. The third-order valence-electron chi connectivity index (χ3n) is 10.7. The molecule has 7 aromatic carbocycles. The first kappa shape index (κ1) is 30.2. The first-order valence-electron chi connectivity index (χ1n) is 17.8. The van der Waals surface area contributed by atoms with E-state index >= 15 is 0 Å². The summed E-state index contributed by atoms with van der Waals surface area (Å²) < 4.78 is 15.9. The minimum atomic E-state index is -0.142. The van der Waals surface area contributed by atoms with Crippen molar-refractivity contribution in [2.45, 2.75) is 0 Å². The molecule has 6 nitrogen and oxygen atoms in total. The van der Waals surface area contributed by atoms with E-state index in [1.807, 2.05) is 118 Å². The monoisotopic (exact) mass is 696 g/mol. The third-order valence-corrected chi connectivity index (χ3v) is 10.7. The van der Waals surface area contributed by atoms with Gasteiger partial charge in [-0.3, -0.25) is 18.7 Å². The van der Waals surface area contributed by atoms with E-state index in [4.69, 9.17) is 8.83 Å². The molecule has 0 spiro atoms. The number of benzene rings is 7. The van der Waals surface area contributed by atoms with Crippen LogP contribution in [0.1, 0.15) is 0 Å². The standard InChI is InChI=1S/C48H28N2O4/c51-47-37-25-31(35-15-5-11-29-9-1-3-13-33(29)35)19-21-41(37)49(45-17-7-23-53-45)43-28-40-44(27-39(43)47)50(46-18-8-24-54-46)42-22-20-32(26-38(42)48(40)52)36-16-6-12-30-10-2-4-14-34(30)36/h1-28H. The lowest BCUT2D eigenvalue weighted by Gasteiger charge is -2.18. The van der Waals surface area contributed by atoms with Gasteiger partial charge in [-0.15, -0.1) is 0 Å². The van der Waals surface area contributed by atoms with E-state index in [1.54, 1.807) is 12.5 Å². The molecule has 11 rings (SSSR count). The molecule has 254 valence electrons. The zero-order valence-electron chi connectivity index (χ0n) is 28.7. The van der Waals surface area contributed by atoms with Crippen molar-refractivity contribution in [3.63, 3.8) is 0 Å². The lowest BCUT2D eigenvalue weighted by molar-refractivity contribution is 0.545. The molecule has 0 saturated heterocycles. The average Bonchev–Trinajstić information content (AvgIpc) is 3.96. The number of hydrogen-bond acceptors (Lipinski definition) is 4. The molecule has 0 fully saturated rings. The Labute approximate surface area is 307 Å². The van der Waals surface area contributed by atoms with Crippen LogP contribution in [0.25, 0.3) is 99.2 Å². The van der Waals surface area contributed by atoms with Crippen LogP contribution in [0.4, 0.5) is 0 Å². The summed E-state index contributed by atoms with van der Waals surface area (Å²) in [6.07, 6.45) is 3.23. The SMILES string of the molecule is O=c1c2cc(-c3cccc4ccccc34)ccc2n(-c2ccco2)c2cc3c(=O)c4cc(-c5cccc6ccccc56)ccc4n(-c4ccco4)c3cc12. The van der Waals surface area contributed by atoms with Gasteiger partial charge in [0, 0.05) is 33.7 Å². The second-order valence-corrected chi connectivity index (χ2v) is 13.6. The molecule has 4 aromatic heterocycles. The molecule has 0 aliphatic heterocycles. The smallest absolute Gasteiger partial charge is 0.204 e. The largest absolute Gasteiger partial charge is 0.448 e. The molecule has 0 saturated carbocycles. The summed E-state index contributed by atoms with van der Waals surface area (Å²) in [5.41, 5.74) is 6.16. The zero-order valence-corrected chi connectivity index (χ0v) is 28.7. The first-order chi connectivity index (χ1) is 26.6. The van der Waals surface area contributed by atoms with E-state index in [0.29, 0.717) is 55.4 Å². The topological polar surface area (TPSA) is 70.3 Å². The Balaban J connectivity index is 1.25. The zero-order chi connectivity index (χ0) is 35.9. The minimum absolute atomic E-state index is 0.142. The highest BCUT2D eigenvalue weighted by molar-refractivity contribution is 6.07. The van der Waals surface area contributed by atoms with E-state index in [-0.39, 0.29) is 10.9 Å². The van der Waals surface area contributed by atoms with Gasteiger partial charge in [-0.2, -0.15) is 0 Å². The molecule has 0 radical (unpaired) electrons. The maximum atomic E-state index is 14.8. The van der Waals surface area contributed by atoms with E-state index in [0.717, 1.165) is 43.8 Å². The first-order valence-corrected chi connectivity index (χ1v) is 17.8. The Bertz CT molecular complexity index is 3180. The maximum absolute atomic E-state index is 14.8. The van der Waals surface area contributed by atoms with Gasteiger partial charge in [-0.25, -0.2) is 0 Å². The number of nitrogens with zero attached hydrogens (tertiary/aromatic N) is 2. The van der Waals surface area contributed by atoms with Crippen LogP contribution in [0.5, 0.6) is 0 Å². The molecule has 11 aromatic rings. The van der Waals surface area contributed by atoms with Gasteiger partial charge in [-0.05, 0) is 92.3 Å². The van der Waals surface area contributed by atoms with E-state index in [2.05, 4.69) is 48.5 Å². The number of fused-ring (bicyclic) bond motifs is 6. The van der Waals surface area contributed by atoms with Gasteiger partial charge in [-0.1, -0.05) is 97.1 Å². The molecular weight excluding hydrogens is 669 g/mol. The Morgan fingerprint density at radius 1 is 0.352 bits per heavy atom. The van der Waals surface area contributed by atoms with Crippen LogP contribution in [-0.2, 0) is 0 Å². The molecular formula is C48H28N2O4. The van der Waals surface area contributed by atoms with Crippen molar-refractivity contribution >= 4 is 65.2 Å². The van der Waals surface area contributed by atoms with Crippen LogP contribution in [0.15, 0.2) is 189 Å².